The first-order valence-electron chi connectivity index (χ1n) is 4.28. The van der Waals surface area contributed by atoms with Gasteiger partial charge in [0, 0.05) is 0 Å². The predicted octanol–water partition coefficient (Wildman–Crippen LogP) is 0.989. The summed E-state index contributed by atoms with van der Waals surface area (Å²) in [7, 11) is 0. The fourth-order valence-corrected chi connectivity index (χ4v) is 1.01. The summed E-state index contributed by atoms with van der Waals surface area (Å²) in [5.41, 5.74) is 0.404. The molecule has 0 unspecified atom stereocenters. The molecule has 1 atom stereocenters. The number of rotatable bonds is 3. The highest BCUT2D eigenvalue weighted by molar-refractivity contribution is 5.76. The molecule has 0 radical (unpaired) electrons. The van der Waals surface area contributed by atoms with E-state index in [4.69, 9.17) is 5.11 Å². The van der Waals surface area contributed by atoms with E-state index in [0.717, 1.165) is 0 Å². The summed E-state index contributed by atoms with van der Waals surface area (Å²) in [4.78, 5) is 11.1. The highest BCUT2D eigenvalue weighted by atomic mass is 16.5. The Morgan fingerprint density at radius 1 is 1.43 bits per heavy atom. The van der Waals surface area contributed by atoms with Crippen molar-refractivity contribution in [3.63, 3.8) is 0 Å². The smallest absolute Gasteiger partial charge is 0.339 e. The average Bonchev–Trinajstić information content (AvgIpc) is 2.18. The quantitative estimate of drug-likeness (QED) is 0.707. The molecule has 4 nitrogen and oxygen atoms in total. The van der Waals surface area contributed by atoms with E-state index in [9.17, 15) is 9.90 Å². The Morgan fingerprint density at radius 3 is 2.50 bits per heavy atom. The molecule has 0 fully saturated rings. The first kappa shape index (κ1) is 10.5. The molecule has 0 spiro atoms. The minimum Gasteiger partial charge on any atom is -0.508 e. The van der Waals surface area contributed by atoms with Gasteiger partial charge in [-0.2, -0.15) is 0 Å². The van der Waals surface area contributed by atoms with Crippen molar-refractivity contribution in [1.82, 2.24) is 0 Å². The lowest BCUT2D eigenvalue weighted by Gasteiger charge is -2.09. The van der Waals surface area contributed by atoms with E-state index in [1.165, 1.54) is 24.3 Å². The fourth-order valence-electron chi connectivity index (χ4n) is 1.01. The maximum absolute atomic E-state index is 11.1. The van der Waals surface area contributed by atoms with Crippen molar-refractivity contribution in [2.75, 3.05) is 6.61 Å². The number of aliphatic hydroxyl groups excluding tert-OH is 1. The highest BCUT2D eigenvalue weighted by Crippen LogP contribution is 2.17. The number of benzene rings is 1. The van der Waals surface area contributed by atoms with Crippen LogP contribution in [-0.2, 0) is 9.53 Å². The van der Waals surface area contributed by atoms with Gasteiger partial charge in [0.1, 0.15) is 5.75 Å². The van der Waals surface area contributed by atoms with Gasteiger partial charge in [0.2, 0.25) is 0 Å². The number of esters is 1. The third kappa shape index (κ3) is 2.47. The standard InChI is InChI=1S/C10H12O4/c1-2-14-10(13)9(12)7-3-5-8(11)6-4-7/h3-6,9,11-12H,2H2,1H3/t9-/m1/s1. The van der Waals surface area contributed by atoms with Crippen LogP contribution < -0.4 is 0 Å². The Morgan fingerprint density at radius 2 is 2.00 bits per heavy atom. The van der Waals surface area contributed by atoms with E-state index in [1.807, 2.05) is 0 Å². The van der Waals surface area contributed by atoms with E-state index < -0.39 is 12.1 Å². The lowest BCUT2D eigenvalue weighted by Crippen LogP contribution is -2.15. The highest BCUT2D eigenvalue weighted by Gasteiger charge is 2.17. The summed E-state index contributed by atoms with van der Waals surface area (Å²) >= 11 is 0. The lowest BCUT2D eigenvalue weighted by atomic mass is 10.1. The van der Waals surface area contributed by atoms with Gasteiger partial charge in [0.25, 0.3) is 0 Å². The van der Waals surface area contributed by atoms with Crippen molar-refractivity contribution in [1.29, 1.82) is 0 Å². The van der Waals surface area contributed by atoms with E-state index in [1.54, 1.807) is 6.92 Å². The Balaban J connectivity index is 2.73. The van der Waals surface area contributed by atoms with Crippen LogP contribution in [-0.4, -0.2) is 22.8 Å². The summed E-state index contributed by atoms with van der Waals surface area (Å²) in [6.07, 6.45) is -1.28. The molecule has 2 N–H and O–H groups in total. The average molecular weight is 196 g/mol. The topological polar surface area (TPSA) is 66.8 Å². The van der Waals surface area contributed by atoms with E-state index in [2.05, 4.69) is 4.74 Å². The minimum absolute atomic E-state index is 0.0878. The number of ether oxygens (including phenoxy) is 1. The third-order valence-corrected chi connectivity index (χ3v) is 1.72. The summed E-state index contributed by atoms with van der Waals surface area (Å²) in [5, 5.41) is 18.4. The van der Waals surface area contributed by atoms with Gasteiger partial charge in [0.15, 0.2) is 6.10 Å². The number of hydrogen-bond acceptors (Lipinski definition) is 4. The molecular formula is C10H12O4. The van der Waals surface area contributed by atoms with Gasteiger partial charge in [-0.3, -0.25) is 0 Å². The molecule has 1 aromatic rings. The second kappa shape index (κ2) is 4.62. The molecule has 1 rings (SSSR count). The molecule has 0 aliphatic rings. The van der Waals surface area contributed by atoms with Gasteiger partial charge < -0.3 is 14.9 Å². The van der Waals surface area contributed by atoms with Crippen molar-refractivity contribution in [3.05, 3.63) is 29.8 Å². The molecule has 0 aliphatic carbocycles. The second-order valence-corrected chi connectivity index (χ2v) is 2.75. The van der Waals surface area contributed by atoms with Gasteiger partial charge in [-0.1, -0.05) is 12.1 Å². The number of phenolic OH excluding ortho intramolecular Hbond substituents is 1. The predicted molar refractivity (Wildman–Crippen MR) is 49.7 cm³/mol. The minimum atomic E-state index is -1.28. The molecule has 0 saturated carbocycles. The normalized spacial score (nSPS) is 12.1. The lowest BCUT2D eigenvalue weighted by molar-refractivity contribution is -0.153. The summed E-state index contributed by atoms with van der Waals surface area (Å²) in [5.74, 6) is -0.594. The number of carbonyl (C=O) groups is 1. The largest absolute Gasteiger partial charge is 0.508 e. The van der Waals surface area contributed by atoms with Crippen LogP contribution >= 0.6 is 0 Å². The number of aliphatic hydroxyl groups is 1. The van der Waals surface area contributed by atoms with E-state index in [-0.39, 0.29) is 12.4 Å². The molecule has 76 valence electrons. The number of phenols is 1. The van der Waals surface area contributed by atoms with Crippen molar-refractivity contribution >= 4 is 5.97 Å². The van der Waals surface area contributed by atoms with E-state index >= 15 is 0 Å². The van der Waals surface area contributed by atoms with Crippen molar-refractivity contribution in [2.24, 2.45) is 0 Å². The van der Waals surface area contributed by atoms with Crippen LogP contribution in [0.25, 0.3) is 0 Å². The number of carbonyl (C=O) groups excluding carboxylic acids is 1. The molecule has 0 aromatic heterocycles. The maximum Gasteiger partial charge on any atom is 0.339 e. The van der Waals surface area contributed by atoms with Crippen molar-refractivity contribution in [3.8, 4) is 5.75 Å². The van der Waals surface area contributed by atoms with Crippen LogP contribution in [0, 0.1) is 0 Å². The van der Waals surface area contributed by atoms with Crippen LogP contribution in [0.5, 0.6) is 5.75 Å². The zero-order valence-electron chi connectivity index (χ0n) is 7.80. The van der Waals surface area contributed by atoms with Gasteiger partial charge in [-0.05, 0) is 24.6 Å². The Kier molecular flexibility index (Phi) is 3.48. The Hall–Kier alpha value is -1.55. The second-order valence-electron chi connectivity index (χ2n) is 2.75. The molecule has 14 heavy (non-hydrogen) atoms. The Bertz CT molecular complexity index is 304. The SMILES string of the molecule is CCOC(=O)[C@H](O)c1ccc(O)cc1. The number of aromatic hydroxyl groups is 1. The van der Waals surface area contributed by atoms with Crippen LogP contribution in [0.3, 0.4) is 0 Å². The van der Waals surface area contributed by atoms with Gasteiger partial charge in [-0.25, -0.2) is 4.79 Å². The van der Waals surface area contributed by atoms with E-state index in [0.29, 0.717) is 5.56 Å². The molecule has 1 aromatic carbocycles. The maximum atomic E-state index is 11.1. The molecule has 0 amide bonds. The first-order chi connectivity index (χ1) is 6.65. The molecule has 0 aliphatic heterocycles. The van der Waals surface area contributed by atoms with Gasteiger partial charge >= 0.3 is 5.97 Å². The fraction of sp³-hybridized carbons (Fsp3) is 0.300. The molecular weight excluding hydrogens is 184 g/mol. The molecule has 0 saturated heterocycles. The van der Waals surface area contributed by atoms with Crippen molar-refractivity contribution < 1.29 is 19.7 Å². The van der Waals surface area contributed by atoms with Gasteiger partial charge in [-0.15, -0.1) is 0 Å². The van der Waals surface area contributed by atoms with Crippen LogP contribution in [0.1, 0.15) is 18.6 Å². The van der Waals surface area contributed by atoms with Gasteiger partial charge in [0.05, 0.1) is 6.61 Å². The van der Waals surface area contributed by atoms with Crippen LogP contribution in [0.4, 0.5) is 0 Å². The summed E-state index contributed by atoms with van der Waals surface area (Å²) in [6, 6.07) is 5.74. The zero-order valence-corrected chi connectivity index (χ0v) is 7.80. The first-order valence-corrected chi connectivity index (χ1v) is 4.28. The third-order valence-electron chi connectivity index (χ3n) is 1.72. The Labute approximate surface area is 81.8 Å². The van der Waals surface area contributed by atoms with Crippen molar-refractivity contribution in [2.45, 2.75) is 13.0 Å². The molecule has 4 heteroatoms. The van der Waals surface area contributed by atoms with Crippen LogP contribution in [0.15, 0.2) is 24.3 Å². The molecule has 0 bridgehead atoms. The summed E-state index contributed by atoms with van der Waals surface area (Å²) in [6.45, 7) is 1.90. The number of hydrogen-bond donors (Lipinski definition) is 2. The molecule has 0 heterocycles. The summed E-state index contributed by atoms with van der Waals surface area (Å²) < 4.78 is 4.64. The zero-order chi connectivity index (χ0) is 10.6. The van der Waals surface area contributed by atoms with Crippen LogP contribution in [0.2, 0.25) is 0 Å². The monoisotopic (exact) mass is 196 g/mol.